The van der Waals surface area contributed by atoms with Crippen molar-refractivity contribution in [3.05, 3.63) is 29.8 Å². The summed E-state index contributed by atoms with van der Waals surface area (Å²) in [5, 5.41) is 3.08. The molecule has 1 aliphatic rings. The number of carbonyl (C=O) groups excluding carboxylic acids is 1. The molecule has 0 saturated heterocycles. The Labute approximate surface area is 102 Å². The van der Waals surface area contributed by atoms with Gasteiger partial charge in [-0.3, -0.25) is 4.79 Å². The van der Waals surface area contributed by atoms with Gasteiger partial charge in [0.2, 0.25) is 5.91 Å². The monoisotopic (exact) mass is 232 g/mol. The van der Waals surface area contributed by atoms with Crippen molar-refractivity contribution >= 4 is 11.6 Å². The van der Waals surface area contributed by atoms with Crippen LogP contribution in [0.1, 0.15) is 38.2 Å². The lowest BCUT2D eigenvalue weighted by Crippen LogP contribution is -2.44. The van der Waals surface area contributed by atoms with Crippen molar-refractivity contribution in [3.63, 3.8) is 0 Å². The van der Waals surface area contributed by atoms with Crippen molar-refractivity contribution < 1.29 is 4.79 Å². The lowest BCUT2D eigenvalue weighted by atomic mass is 9.81. The van der Waals surface area contributed by atoms with Gasteiger partial charge in [0.1, 0.15) is 0 Å². The van der Waals surface area contributed by atoms with Gasteiger partial charge in [-0.15, -0.1) is 0 Å². The minimum atomic E-state index is -0.130. The second kappa shape index (κ2) is 4.78. The maximum atomic E-state index is 12.0. The summed E-state index contributed by atoms with van der Waals surface area (Å²) in [6.45, 7) is 4.14. The summed E-state index contributed by atoms with van der Waals surface area (Å²) in [7, 11) is 0. The van der Waals surface area contributed by atoms with Crippen LogP contribution in [0.25, 0.3) is 0 Å². The van der Waals surface area contributed by atoms with Gasteiger partial charge in [0.15, 0.2) is 0 Å². The van der Waals surface area contributed by atoms with E-state index in [2.05, 4.69) is 12.2 Å². The molecule has 0 aromatic heterocycles. The molecule has 1 aliphatic carbocycles. The van der Waals surface area contributed by atoms with Crippen LogP contribution in [0.2, 0.25) is 0 Å². The van der Waals surface area contributed by atoms with Crippen molar-refractivity contribution in [2.45, 2.75) is 38.6 Å². The Morgan fingerprint density at radius 3 is 2.76 bits per heavy atom. The van der Waals surface area contributed by atoms with Gasteiger partial charge in [-0.05, 0) is 43.4 Å². The third-order valence-corrected chi connectivity index (χ3v) is 3.52. The highest BCUT2D eigenvalue weighted by Gasteiger charge is 2.28. The van der Waals surface area contributed by atoms with Crippen LogP contribution in [-0.4, -0.2) is 11.9 Å². The number of carbonyl (C=O) groups is 1. The predicted molar refractivity (Wildman–Crippen MR) is 69.6 cm³/mol. The van der Waals surface area contributed by atoms with E-state index >= 15 is 0 Å². The van der Waals surface area contributed by atoms with Crippen LogP contribution in [0.3, 0.4) is 0 Å². The molecular formula is C14H20N2O. The van der Waals surface area contributed by atoms with Crippen LogP contribution < -0.4 is 11.1 Å². The summed E-state index contributed by atoms with van der Waals surface area (Å²) in [6, 6.07) is 7.92. The van der Waals surface area contributed by atoms with Crippen molar-refractivity contribution in [1.82, 2.24) is 5.32 Å². The summed E-state index contributed by atoms with van der Waals surface area (Å²) < 4.78 is 0. The molecule has 3 N–H and O–H groups in total. The average Bonchev–Trinajstić information content (AvgIpc) is 2.26. The number of amides is 1. The lowest BCUT2D eigenvalue weighted by Gasteiger charge is -2.34. The molecule has 0 bridgehead atoms. The predicted octanol–water partition coefficient (Wildman–Crippen LogP) is 2.29. The van der Waals surface area contributed by atoms with E-state index in [-0.39, 0.29) is 11.8 Å². The summed E-state index contributed by atoms with van der Waals surface area (Å²) >= 11 is 0. The van der Waals surface area contributed by atoms with Gasteiger partial charge in [-0.25, -0.2) is 0 Å². The van der Waals surface area contributed by atoms with E-state index in [1.54, 1.807) is 0 Å². The quantitative estimate of drug-likeness (QED) is 0.786. The van der Waals surface area contributed by atoms with Gasteiger partial charge in [0.05, 0.1) is 5.92 Å². The average molecular weight is 232 g/mol. The highest BCUT2D eigenvalue weighted by Crippen LogP contribution is 2.27. The molecule has 1 aromatic rings. The highest BCUT2D eigenvalue weighted by atomic mass is 16.1. The number of nitrogens with two attached hydrogens (primary N) is 1. The first kappa shape index (κ1) is 12.0. The number of benzene rings is 1. The molecule has 92 valence electrons. The van der Waals surface area contributed by atoms with Gasteiger partial charge in [0, 0.05) is 11.7 Å². The van der Waals surface area contributed by atoms with Crippen molar-refractivity contribution in [2.75, 3.05) is 5.73 Å². The van der Waals surface area contributed by atoms with E-state index in [0.717, 1.165) is 24.3 Å². The zero-order valence-corrected chi connectivity index (χ0v) is 10.4. The molecule has 1 fully saturated rings. The number of anilines is 1. The minimum absolute atomic E-state index is 0.104. The number of nitrogen functional groups attached to an aromatic ring is 1. The fourth-order valence-corrected chi connectivity index (χ4v) is 2.33. The molecule has 1 saturated carbocycles. The normalized spacial score (nSPS) is 24.8. The molecule has 0 radical (unpaired) electrons. The molecule has 1 aromatic carbocycles. The molecule has 1 amide bonds. The summed E-state index contributed by atoms with van der Waals surface area (Å²) in [5.41, 5.74) is 7.41. The Hall–Kier alpha value is -1.51. The zero-order valence-electron chi connectivity index (χ0n) is 10.4. The van der Waals surface area contributed by atoms with Crippen molar-refractivity contribution in [2.24, 2.45) is 5.92 Å². The number of nitrogens with one attached hydrogen (secondary N) is 1. The summed E-state index contributed by atoms with van der Waals surface area (Å²) in [5.74, 6) is 0.727. The molecule has 0 aliphatic heterocycles. The fourth-order valence-electron chi connectivity index (χ4n) is 2.33. The number of rotatable bonds is 3. The van der Waals surface area contributed by atoms with Crippen LogP contribution >= 0.6 is 0 Å². The van der Waals surface area contributed by atoms with Gasteiger partial charge in [-0.2, -0.15) is 0 Å². The molecule has 3 heteroatoms. The largest absolute Gasteiger partial charge is 0.399 e. The Balaban J connectivity index is 1.95. The topological polar surface area (TPSA) is 55.1 Å². The lowest BCUT2D eigenvalue weighted by molar-refractivity contribution is -0.123. The molecule has 0 spiro atoms. The fraction of sp³-hybridized carbons (Fsp3) is 0.500. The maximum absolute atomic E-state index is 12.0. The third kappa shape index (κ3) is 2.78. The van der Waals surface area contributed by atoms with Crippen LogP contribution in [0, 0.1) is 5.92 Å². The van der Waals surface area contributed by atoms with Gasteiger partial charge < -0.3 is 11.1 Å². The van der Waals surface area contributed by atoms with E-state index in [9.17, 15) is 4.79 Å². The molecule has 0 heterocycles. The van der Waals surface area contributed by atoms with E-state index in [1.165, 1.54) is 0 Å². The van der Waals surface area contributed by atoms with Crippen molar-refractivity contribution in [1.29, 1.82) is 0 Å². The van der Waals surface area contributed by atoms with Crippen LogP contribution in [0.4, 0.5) is 5.69 Å². The first-order valence-corrected chi connectivity index (χ1v) is 6.22. The SMILES string of the molecule is CC1CC(NC(=O)C(C)c2cccc(N)c2)C1. The van der Waals surface area contributed by atoms with E-state index in [0.29, 0.717) is 11.7 Å². The Morgan fingerprint density at radius 2 is 2.18 bits per heavy atom. The van der Waals surface area contributed by atoms with Crippen LogP contribution in [0.5, 0.6) is 0 Å². The molecule has 1 atom stereocenters. The van der Waals surface area contributed by atoms with Crippen LogP contribution in [0.15, 0.2) is 24.3 Å². The Kier molecular flexibility index (Phi) is 3.36. The molecule has 2 rings (SSSR count). The third-order valence-electron chi connectivity index (χ3n) is 3.52. The standard InChI is InChI=1S/C14H20N2O/c1-9-6-13(7-9)16-14(17)10(2)11-4-3-5-12(15)8-11/h3-5,8-10,13H,6-7,15H2,1-2H3,(H,16,17). The highest BCUT2D eigenvalue weighted by molar-refractivity contribution is 5.83. The van der Waals surface area contributed by atoms with Crippen molar-refractivity contribution in [3.8, 4) is 0 Å². The van der Waals surface area contributed by atoms with E-state index < -0.39 is 0 Å². The zero-order chi connectivity index (χ0) is 12.4. The molecular weight excluding hydrogens is 212 g/mol. The minimum Gasteiger partial charge on any atom is -0.399 e. The maximum Gasteiger partial charge on any atom is 0.227 e. The van der Waals surface area contributed by atoms with Gasteiger partial charge in [-0.1, -0.05) is 19.1 Å². The van der Waals surface area contributed by atoms with Crippen LogP contribution in [-0.2, 0) is 4.79 Å². The van der Waals surface area contributed by atoms with Gasteiger partial charge >= 0.3 is 0 Å². The number of hydrogen-bond acceptors (Lipinski definition) is 2. The molecule has 1 unspecified atom stereocenters. The first-order chi connectivity index (χ1) is 8.06. The Bertz CT molecular complexity index is 410. The Morgan fingerprint density at radius 1 is 1.47 bits per heavy atom. The molecule has 17 heavy (non-hydrogen) atoms. The summed E-state index contributed by atoms with van der Waals surface area (Å²) in [6.07, 6.45) is 2.21. The second-order valence-corrected chi connectivity index (χ2v) is 5.17. The smallest absolute Gasteiger partial charge is 0.227 e. The number of hydrogen-bond donors (Lipinski definition) is 2. The van der Waals surface area contributed by atoms with E-state index in [1.807, 2.05) is 31.2 Å². The first-order valence-electron chi connectivity index (χ1n) is 6.22. The summed E-state index contributed by atoms with van der Waals surface area (Å²) in [4.78, 5) is 12.0. The van der Waals surface area contributed by atoms with Gasteiger partial charge in [0.25, 0.3) is 0 Å². The second-order valence-electron chi connectivity index (χ2n) is 5.17. The molecule has 3 nitrogen and oxygen atoms in total. The van der Waals surface area contributed by atoms with E-state index in [4.69, 9.17) is 5.73 Å².